The van der Waals surface area contributed by atoms with Crippen molar-refractivity contribution in [2.24, 2.45) is 5.73 Å². The van der Waals surface area contributed by atoms with Crippen molar-refractivity contribution in [3.05, 3.63) is 29.3 Å². The smallest absolute Gasteiger partial charge is 0.408 e. The van der Waals surface area contributed by atoms with Crippen LogP contribution in [0.1, 0.15) is 104 Å². The van der Waals surface area contributed by atoms with Gasteiger partial charge in [-0.3, -0.25) is 14.4 Å². The third-order valence-electron chi connectivity index (χ3n) is 5.98. The average Bonchev–Trinajstić information content (AvgIpc) is 2.80. The van der Waals surface area contributed by atoms with Gasteiger partial charge in [0.1, 0.15) is 23.4 Å². The van der Waals surface area contributed by atoms with Crippen molar-refractivity contribution in [3.8, 4) is 5.75 Å². The normalized spacial score (nSPS) is 12.9. The number of benzene rings is 1. The summed E-state index contributed by atoms with van der Waals surface area (Å²) in [4.78, 5) is 53.4. The molecule has 0 aliphatic heterocycles. The Morgan fingerprint density at radius 2 is 1.64 bits per heavy atom. The van der Waals surface area contributed by atoms with Crippen LogP contribution in [0.25, 0.3) is 0 Å². The SMILES string of the molecule is CCCCCCCCN(C(=O)C(CC(N)=O)NC(=O)OC(C)(C)C)C(C(=O)NC(C)C)c1cccc(C)c1O. The summed E-state index contributed by atoms with van der Waals surface area (Å²) in [7, 11) is 0. The van der Waals surface area contributed by atoms with Crippen LogP contribution in [0.3, 0.4) is 0 Å². The fraction of sp³-hybridized carbons (Fsp3) is 0.655. The maximum Gasteiger partial charge on any atom is 0.408 e. The molecule has 1 rings (SSSR count). The minimum Gasteiger partial charge on any atom is -0.507 e. The van der Waals surface area contributed by atoms with Crippen molar-refractivity contribution in [1.82, 2.24) is 15.5 Å². The predicted molar refractivity (Wildman–Crippen MR) is 151 cm³/mol. The Morgan fingerprint density at radius 1 is 1.03 bits per heavy atom. The number of nitrogens with two attached hydrogens (primary N) is 1. The molecule has 0 saturated carbocycles. The van der Waals surface area contributed by atoms with Crippen LogP contribution in [0, 0.1) is 6.92 Å². The quantitative estimate of drug-likeness (QED) is 0.241. The molecule has 0 bridgehead atoms. The van der Waals surface area contributed by atoms with Crippen molar-refractivity contribution in [2.45, 2.75) is 117 Å². The molecule has 0 spiro atoms. The van der Waals surface area contributed by atoms with Gasteiger partial charge in [0.25, 0.3) is 0 Å². The van der Waals surface area contributed by atoms with Crippen molar-refractivity contribution in [1.29, 1.82) is 0 Å². The highest BCUT2D eigenvalue weighted by Crippen LogP contribution is 2.33. The van der Waals surface area contributed by atoms with Crippen LogP contribution >= 0.6 is 0 Å². The van der Waals surface area contributed by atoms with Crippen molar-refractivity contribution < 1.29 is 29.0 Å². The zero-order chi connectivity index (χ0) is 29.8. The van der Waals surface area contributed by atoms with Crippen LogP contribution in [0.4, 0.5) is 4.79 Å². The van der Waals surface area contributed by atoms with Gasteiger partial charge in [0.15, 0.2) is 0 Å². The van der Waals surface area contributed by atoms with Gasteiger partial charge in [-0.1, -0.05) is 57.2 Å². The molecule has 39 heavy (non-hydrogen) atoms. The van der Waals surface area contributed by atoms with E-state index in [0.717, 1.165) is 32.1 Å². The predicted octanol–water partition coefficient (Wildman–Crippen LogP) is 4.22. The third kappa shape index (κ3) is 12.0. The van der Waals surface area contributed by atoms with Gasteiger partial charge in [0, 0.05) is 18.2 Å². The largest absolute Gasteiger partial charge is 0.507 e. The van der Waals surface area contributed by atoms with Crippen molar-refractivity contribution >= 4 is 23.8 Å². The molecule has 0 aliphatic carbocycles. The van der Waals surface area contributed by atoms with E-state index >= 15 is 0 Å². The van der Waals surface area contributed by atoms with Crippen LogP contribution in [0.2, 0.25) is 0 Å². The second-order valence-electron chi connectivity index (χ2n) is 11.2. The Hall–Kier alpha value is -3.30. The highest BCUT2D eigenvalue weighted by atomic mass is 16.6. The first-order chi connectivity index (χ1) is 18.2. The number of hydrogen-bond donors (Lipinski definition) is 4. The standard InChI is InChI=1S/C29H48N4O6/c1-8-9-10-11-12-13-17-33(27(37)22(18-23(30)34)32-28(38)39-29(5,6)7)24(26(36)31-19(2)3)21-16-14-15-20(4)25(21)35/h14-16,19,22,24,35H,8-13,17-18H2,1-7H3,(H2,30,34)(H,31,36)(H,32,38). The summed E-state index contributed by atoms with van der Waals surface area (Å²) in [5.74, 6) is -2.06. The highest BCUT2D eigenvalue weighted by molar-refractivity contribution is 5.94. The number of unbranched alkanes of at least 4 members (excludes halogenated alkanes) is 5. The average molecular weight is 549 g/mol. The Bertz CT molecular complexity index is 973. The van der Waals surface area contributed by atoms with Crippen LogP contribution in [0.15, 0.2) is 18.2 Å². The molecule has 10 nitrogen and oxygen atoms in total. The molecule has 0 fully saturated rings. The number of nitrogens with one attached hydrogen (secondary N) is 2. The number of hydrogen-bond acceptors (Lipinski definition) is 6. The molecule has 2 atom stereocenters. The van der Waals surface area contributed by atoms with E-state index in [2.05, 4.69) is 17.6 Å². The molecule has 5 N–H and O–H groups in total. The first kappa shape index (κ1) is 33.7. The Labute approximate surface area is 233 Å². The zero-order valence-electron chi connectivity index (χ0n) is 24.6. The lowest BCUT2D eigenvalue weighted by Gasteiger charge is -2.35. The molecule has 0 aliphatic rings. The third-order valence-corrected chi connectivity index (χ3v) is 5.98. The van der Waals surface area contributed by atoms with Crippen LogP contribution in [-0.4, -0.2) is 58.1 Å². The van der Waals surface area contributed by atoms with Gasteiger partial charge in [0.05, 0.1) is 6.42 Å². The van der Waals surface area contributed by atoms with E-state index in [9.17, 15) is 24.3 Å². The van der Waals surface area contributed by atoms with Crippen LogP contribution in [0.5, 0.6) is 5.75 Å². The first-order valence-corrected chi connectivity index (χ1v) is 13.8. The van der Waals surface area contributed by atoms with Crippen LogP contribution in [-0.2, 0) is 19.1 Å². The summed E-state index contributed by atoms with van der Waals surface area (Å²) in [5, 5.41) is 16.2. The number of primary amides is 1. The Morgan fingerprint density at radius 3 is 2.21 bits per heavy atom. The zero-order valence-corrected chi connectivity index (χ0v) is 24.6. The van der Waals surface area contributed by atoms with E-state index in [-0.39, 0.29) is 23.9 Å². The second kappa shape index (κ2) is 16.0. The molecular formula is C29H48N4O6. The number of alkyl carbamates (subject to hydrolysis) is 1. The number of phenolic OH excluding ortho intramolecular Hbond substituents is 1. The number of para-hydroxylation sites is 1. The molecule has 1 aromatic carbocycles. The summed E-state index contributed by atoms with van der Waals surface area (Å²) in [5.41, 5.74) is 5.40. The minimum atomic E-state index is -1.36. The molecule has 0 saturated heterocycles. The lowest BCUT2D eigenvalue weighted by Crippen LogP contribution is -2.54. The Kier molecular flexibility index (Phi) is 13.8. The maximum absolute atomic E-state index is 14.0. The van der Waals surface area contributed by atoms with Crippen molar-refractivity contribution in [3.63, 3.8) is 0 Å². The summed E-state index contributed by atoms with van der Waals surface area (Å²) >= 11 is 0. The number of carbonyl (C=O) groups is 4. The van der Waals surface area contributed by atoms with Gasteiger partial charge in [-0.25, -0.2) is 4.79 Å². The first-order valence-electron chi connectivity index (χ1n) is 13.8. The minimum absolute atomic E-state index is 0.103. The van der Waals surface area contributed by atoms with Gasteiger partial charge >= 0.3 is 6.09 Å². The lowest BCUT2D eigenvalue weighted by atomic mass is 9.98. The van der Waals surface area contributed by atoms with E-state index in [4.69, 9.17) is 10.5 Å². The van der Waals surface area contributed by atoms with E-state index in [1.807, 2.05) is 0 Å². The lowest BCUT2D eigenvalue weighted by molar-refractivity contribution is -0.143. The van der Waals surface area contributed by atoms with Gasteiger partial charge in [0.2, 0.25) is 17.7 Å². The van der Waals surface area contributed by atoms with Crippen molar-refractivity contribution in [2.75, 3.05) is 6.54 Å². The number of ether oxygens (including phenoxy) is 1. The summed E-state index contributed by atoms with van der Waals surface area (Å²) in [6.45, 7) is 12.6. The number of aromatic hydroxyl groups is 1. The van der Waals surface area contributed by atoms with Gasteiger partial charge < -0.3 is 31.1 Å². The van der Waals surface area contributed by atoms with Crippen LogP contribution < -0.4 is 16.4 Å². The summed E-state index contributed by atoms with van der Waals surface area (Å²) in [6.07, 6.45) is 4.28. The van der Waals surface area contributed by atoms with E-state index in [1.54, 1.807) is 59.7 Å². The molecule has 0 aromatic heterocycles. The molecular weight excluding hydrogens is 500 g/mol. The highest BCUT2D eigenvalue weighted by Gasteiger charge is 2.38. The fourth-order valence-electron chi connectivity index (χ4n) is 4.20. The second-order valence-corrected chi connectivity index (χ2v) is 11.2. The number of carbonyl (C=O) groups excluding carboxylic acids is 4. The number of rotatable bonds is 15. The molecule has 2 unspecified atom stereocenters. The molecule has 4 amide bonds. The van der Waals surface area contributed by atoms with Gasteiger partial charge in [-0.2, -0.15) is 0 Å². The van der Waals surface area contributed by atoms with E-state index in [0.29, 0.717) is 12.0 Å². The fourth-order valence-corrected chi connectivity index (χ4v) is 4.20. The van der Waals surface area contributed by atoms with Gasteiger partial charge in [-0.05, 0) is 53.5 Å². The summed E-state index contributed by atoms with van der Waals surface area (Å²) < 4.78 is 5.30. The van der Waals surface area contributed by atoms with E-state index < -0.39 is 47.9 Å². The summed E-state index contributed by atoms with van der Waals surface area (Å²) in [6, 6.07) is 2.20. The topological polar surface area (TPSA) is 151 Å². The molecule has 220 valence electrons. The molecule has 1 aromatic rings. The number of phenols is 1. The molecule has 10 heteroatoms. The number of nitrogens with zero attached hydrogens (tertiary/aromatic N) is 1. The maximum atomic E-state index is 14.0. The number of aryl methyl sites for hydroxylation is 1. The molecule has 0 heterocycles. The van der Waals surface area contributed by atoms with Gasteiger partial charge in [-0.15, -0.1) is 0 Å². The Balaban J connectivity index is 3.52. The molecule has 0 radical (unpaired) electrons. The monoisotopic (exact) mass is 548 g/mol. The number of amides is 4. The van der Waals surface area contributed by atoms with E-state index in [1.165, 1.54) is 4.90 Å².